The summed E-state index contributed by atoms with van der Waals surface area (Å²) in [5.74, 6) is -0.0596. The molecule has 0 amide bonds. The lowest BCUT2D eigenvalue weighted by Gasteiger charge is -2.06. The van der Waals surface area contributed by atoms with Crippen LogP contribution in [0.25, 0.3) is 11.0 Å². The molecule has 0 aliphatic heterocycles. The van der Waals surface area contributed by atoms with Crippen molar-refractivity contribution in [1.82, 2.24) is 0 Å². The molecule has 0 spiro atoms. The summed E-state index contributed by atoms with van der Waals surface area (Å²) in [5, 5.41) is 2.66. The Balaban J connectivity index is 1.98. The van der Waals surface area contributed by atoms with Gasteiger partial charge in [-0.05, 0) is 35.6 Å². The predicted molar refractivity (Wildman–Crippen MR) is 81.1 cm³/mol. The first-order valence-corrected chi connectivity index (χ1v) is 7.38. The highest BCUT2D eigenvalue weighted by atomic mass is 32.1. The number of benzene rings is 1. The van der Waals surface area contributed by atoms with Crippen LogP contribution in [0, 0.1) is 0 Å². The van der Waals surface area contributed by atoms with E-state index in [0.717, 1.165) is 17.4 Å². The molecule has 1 aromatic carbocycles. The molecule has 0 atom stereocenters. The summed E-state index contributed by atoms with van der Waals surface area (Å²) in [6, 6.07) is 10.0. The lowest BCUT2D eigenvalue weighted by atomic mass is 10.1. The molecule has 0 N–H and O–H groups in total. The van der Waals surface area contributed by atoms with Crippen LogP contribution in [-0.2, 0) is 6.42 Å². The van der Waals surface area contributed by atoms with Crippen molar-refractivity contribution in [3.8, 4) is 5.75 Å². The molecule has 5 heteroatoms. The minimum absolute atomic E-state index is 0.359. The molecule has 0 bridgehead atoms. The first kappa shape index (κ1) is 13.6. The first-order chi connectivity index (χ1) is 10.2. The Bertz CT molecular complexity index is 846. The topological polar surface area (TPSA) is 56.5 Å². The second-order valence-corrected chi connectivity index (χ2v) is 5.42. The van der Waals surface area contributed by atoms with E-state index in [1.165, 1.54) is 17.4 Å². The molecule has 2 aromatic heterocycles. The predicted octanol–water partition coefficient (Wildman–Crippen LogP) is 3.64. The van der Waals surface area contributed by atoms with Gasteiger partial charge >= 0.3 is 11.6 Å². The fourth-order valence-electron chi connectivity index (χ4n) is 2.12. The van der Waals surface area contributed by atoms with Crippen molar-refractivity contribution < 1.29 is 13.9 Å². The molecular weight excluding hydrogens is 288 g/mol. The number of rotatable bonds is 3. The summed E-state index contributed by atoms with van der Waals surface area (Å²) in [5.41, 5.74) is 0.939. The molecule has 0 unspecified atom stereocenters. The minimum atomic E-state index is -0.418. The summed E-state index contributed by atoms with van der Waals surface area (Å²) < 4.78 is 10.5. The van der Waals surface area contributed by atoms with Crippen LogP contribution in [0.5, 0.6) is 5.75 Å². The first-order valence-electron chi connectivity index (χ1n) is 6.50. The maximum absolute atomic E-state index is 11.9. The van der Waals surface area contributed by atoms with Crippen molar-refractivity contribution in [1.29, 1.82) is 0 Å². The van der Waals surface area contributed by atoms with E-state index in [2.05, 4.69) is 0 Å². The number of fused-ring (bicyclic) bond motifs is 1. The van der Waals surface area contributed by atoms with E-state index in [1.807, 2.05) is 12.3 Å². The largest absolute Gasteiger partial charge is 0.423 e. The van der Waals surface area contributed by atoms with Gasteiger partial charge in [-0.2, -0.15) is 0 Å². The Morgan fingerprint density at radius 2 is 2.14 bits per heavy atom. The second kappa shape index (κ2) is 5.54. The van der Waals surface area contributed by atoms with Crippen molar-refractivity contribution in [2.75, 3.05) is 0 Å². The monoisotopic (exact) mass is 300 g/mol. The summed E-state index contributed by atoms with van der Waals surface area (Å²) in [4.78, 5) is 23.9. The lowest BCUT2D eigenvalue weighted by molar-refractivity contribution is 0.0740. The van der Waals surface area contributed by atoms with Gasteiger partial charge in [0.05, 0.1) is 0 Å². The molecular formula is C16H12O4S. The van der Waals surface area contributed by atoms with Gasteiger partial charge in [0.1, 0.15) is 16.2 Å². The highest BCUT2D eigenvalue weighted by molar-refractivity contribution is 7.12. The molecule has 3 rings (SSSR count). The average Bonchev–Trinajstić information content (AvgIpc) is 3.00. The van der Waals surface area contributed by atoms with Gasteiger partial charge in [0.15, 0.2) is 0 Å². The molecule has 0 aliphatic rings. The van der Waals surface area contributed by atoms with E-state index in [0.29, 0.717) is 16.2 Å². The summed E-state index contributed by atoms with van der Waals surface area (Å²) in [6.45, 7) is 1.97. The van der Waals surface area contributed by atoms with Crippen LogP contribution in [0.2, 0.25) is 0 Å². The molecule has 0 saturated carbocycles. The van der Waals surface area contributed by atoms with E-state index in [4.69, 9.17) is 9.15 Å². The van der Waals surface area contributed by atoms with Crippen molar-refractivity contribution >= 4 is 28.3 Å². The maximum Gasteiger partial charge on any atom is 0.353 e. The third kappa shape index (κ3) is 2.73. The van der Waals surface area contributed by atoms with E-state index < -0.39 is 11.6 Å². The van der Waals surface area contributed by atoms with E-state index in [9.17, 15) is 9.59 Å². The zero-order valence-corrected chi connectivity index (χ0v) is 12.1. The third-order valence-corrected chi connectivity index (χ3v) is 3.97. The fraction of sp³-hybridized carbons (Fsp3) is 0.125. The van der Waals surface area contributed by atoms with E-state index in [1.54, 1.807) is 30.3 Å². The van der Waals surface area contributed by atoms with Crippen molar-refractivity contribution in [2.24, 2.45) is 0 Å². The maximum atomic E-state index is 11.9. The fourth-order valence-corrected chi connectivity index (χ4v) is 2.72. The SMILES string of the molecule is CCc1cc(=O)oc2cc(OC(=O)c3cccs3)ccc12. The Labute approximate surface area is 124 Å². The van der Waals surface area contributed by atoms with Crippen LogP contribution in [0.3, 0.4) is 0 Å². The van der Waals surface area contributed by atoms with Gasteiger partial charge in [0.25, 0.3) is 0 Å². The normalized spacial score (nSPS) is 10.7. The highest BCUT2D eigenvalue weighted by Gasteiger charge is 2.11. The third-order valence-electron chi connectivity index (χ3n) is 3.12. The van der Waals surface area contributed by atoms with Gasteiger partial charge in [-0.15, -0.1) is 11.3 Å². The minimum Gasteiger partial charge on any atom is -0.423 e. The number of esters is 1. The summed E-state index contributed by atoms with van der Waals surface area (Å²) in [7, 11) is 0. The lowest BCUT2D eigenvalue weighted by Crippen LogP contribution is -2.06. The molecule has 2 heterocycles. The van der Waals surface area contributed by atoms with Crippen LogP contribution in [0.15, 0.2) is 51.0 Å². The van der Waals surface area contributed by atoms with Gasteiger partial charge in [-0.25, -0.2) is 9.59 Å². The summed E-state index contributed by atoms with van der Waals surface area (Å²) in [6.07, 6.45) is 0.733. The Hall–Kier alpha value is -2.40. The Kier molecular flexibility index (Phi) is 3.58. The number of ether oxygens (including phenoxy) is 1. The van der Waals surface area contributed by atoms with Crippen LogP contribution >= 0.6 is 11.3 Å². The number of hydrogen-bond acceptors (Lipinski definition) is 5. The Morgan fingerprint density at radius 3 is 2.86 bits per heavy atom. The van der Waals surface area contributed by atoms with Gasteiger partial charge < -0.3 is 9.15 Å². The molecule has 0 radical (unpaired) electrons. The highest BCUT2D eigenvalue weighted by Crippen LogP contribution is 2.24. The van der Waals surface area contributed by atoms with Crippen LogP contribution in [0.1, 0.15) is 22.2 Å². The zero-order chi connectivity index (χ0) is 14.8. The molecule has 0 fully saturated rings. The molecule has 4 nitrogen and oxygen atoms in total. The standard InChI is InChI=1S/C16H12O4S/c1-2-10-8-15(17)20-13-9-11(5-6-12(10)13)19-16(18)14-4-3-7-21-14/h3-9H,2H2,1H3. The number of aryl methyl sites for hydroxylation is 1. The summed E-state index contributed by atoms with van der Waals surface area (Å²) >= 11 is 1.31. The van der Waals surface area contributed by atoms with Gasteiger partial charge in [-0.1, -0.05) is 13.0 Å². The number of carbonyl (C=O) groups is 1. The van der Waals surface area contributed by atoms with Gasteiger partial charge in [0, 0.05) is 17.5 Å². The quantitative estimate of drug-likeness (QED) is 0.421. The zero-order valence-electron chi connectivity index (χ0n) is 11.3. The van der Waals surface area contributed by atoms with Gasteiger partial charge in [0.2, 0.25) is 0 Å². The van der Waals surface area contributed by atoms with E-state index >= 15 is 0 Å². The molecule has 21 heavy (non-hydrogen) atoms. The van der Waals surface area contributed by atoms with Crippen LogP contribution in [0.4, 0.5) is 0 Å². The van der Waals surface area contributed by atoms with Crippen molar-refractivity contribution in [2.45, 2.75) is 13.3 Å². The van der Waals surface area contributed by atoms with Crippen LogP contribution < -0.4 is 10.4 Å². The number of carbonyl (C=O) groups excluding carboxylic acids is 1. The van der Waals surface area contributed by atoms with E-state index in [-0.39, 0.29) is 0 Å². The van der Waals surface area contributed by atoms with Crippen LogP contribution in [-0.4, -0.2) is 5.97 Å². The Morgan fingerprint density at radius 1 is 1.29 bits per heavy atom. The van der Waals surface area contributed by atoms with Gasteiger partial charge in [-0.3, -0.25) is 0 Å². The van der Waals surface area contributed by atoms with Crippen molar-refractivity contribution in [3.05, 3.63) is 62.6 Å². The molecule has 0 saturated heterocycles. The smallest absolute Gasteiger partial charge is 0.353 e. The van der Waals surface area contributed by atoms with Crippen molar-refractivity contribution in [3.63, 3.8) is 0 Å². The number of hydrogen-bond donors (Lipinski definition) is 0. The average molecular weight is 300 g/mol. The molecule has 106 valence electrons. The second-order valence-electron chi connectivity index (χ2n) is 4.47. The number of thiophene rings is 1. The molecule has 0 aliphatic carbocycles. The molecule has 3 aromatic rings.